The second kappa shape index (κ2) is 12.7. The van der Waals surface area contributed by atoms with E-state index >= 15 is 0 Å². The molecule has 0 bridgehead atoms. The van der Waals surface area contributed by atoms with Gasteiger partial charge in [0, 0.05) is 38.4 Å². The van der Waals surface area contributed by atoms with Gasteiger partial charge in [-0.3, -0.25) is 9.79 Å². The molecule has 1 aliphatic heterocycles. The number of halogens is 1. The number of hydrogen-bond acceptors (Lipinski definition) is 4. The molecule has 2 unspecified atom stereocenters. The van der Waals surface area contributed by atoms with Gasteiger partial charge in [0.25, 0.3) is 0 Å². The smallest absolute Gasteiger partial charge is 0.224 e. The first-order chi connectivity index (χ1) is 11.7. The Hall–Kier alpha value is -0.580. The van der Waals surface area contributed by atoms with Gasteiger partial charge in [-0.05, 0) is 39.0 Å². The van der Waals surface area contributed by atoms with Crippen molar-refractivity contribution in [3.05, 3.63) is 0 Å². The van der Waals surface area contributed by atoms with E-state index in [1.54, 1.807) is 0 Å². The lowest BCUT2D eigenvalue weighted by Gasteiger charge is -2.30. The molecule has 2 atom stereocenters. The lowest BCUT2D eigenvalue weighted by atomic mass is 10.00. The molecule has 1 saturated heterocycles. The van der Waals surface area contributed by atoms with Crippen molar-refractivity contribution in [2.45, 2.75) is 52.5 Å². The monoisotopic (exact) mass is 502 g/mol. The van der Waals surface area contributed by atoms with Crippen molar-refractivity contribution in [3.63, 3.8) is 0 Å². The lowest BCUT2D eigenvalue weighted by molar-refractivity contribution is -0.132. The van der Waals surface area contributed by atoms with Crippen LogP contribution in [0.2, 0.25) is 0 Å². The summed E-state index contributed by atoms with van der Waals surface area (Å²) in [6.07, 6.45) is 4.45. The predicted molar refractivity (Wildman–Crippen MR) is 118 cm³/mol. The van der Waals surface area contributed by atoms with Crippen molar-refractivity contribution in [2.75, 3.05) is 38.2 Å². The summed E-state index contributed by atoms with van der Waals surface area (Å²) in [5.74, 6) is 1.52. The van der Waals surface area contributed by atoms with Gasteiger partial charge >= 0.3 is 0 Å². The number of nitrogens with zero attached hydrogens (tertiary/aromatic N) is 2. The number of sulfone groups is 1. The third-order valence-corrected chi connectivity index (χ3v) is 5.23. The molecule has 0 radical (unpaired) electrons. The maximum absolute atomic E-state index is 12.3. The normalized spacial score (nSPS) is 19.5. The third kappa shape index (κ3) is 11.2. The molecule has 1 aliphatic rings. The first kappa shape index (κ1) is 25.4. The van der Waals surface area contributed by atoms with Gasteiger partial charge in [0.2, 0.25) is 5.91 Å². The highest BCUT2D eigenvalue weighted by molar-refractivity contribution is 14.0. The second-order valence-electron chi connectivity index (χ2n) is 7.06. The fraction of sp³-hybridized carbons (Fsp3) is 0.882. The zero-order chi connectivity index (χ0) is 18.9. The van der Waals surface area contributed by atoms with E-state index in [0.29, 0.717) is 37.8 Å². The SMILES string of the molecule is CCNC(=NCCC(=O)N1CCCC(C)C1)NC(C)CCS(C)(=O)=O.I. The fourth-order valence-corrected chi connectivity index (χ4v) is 3.64. The number of likely N-dealkylation sites (tertiary alicyclic amines) is 1. The van der Waals surface area contributed by atoms with Crippen molar-refractivity contribution in [3.8, 4) is 0 Å². The van der Waals surface area contributed by atoms with Crippen LogP contribution in [0, 0.1) is 5.92 Å². The molecular weight excluding hydrogens is 467 g/mol. The summed E-state index contributed by atoms with van der Waals surface area (Å²) in [6, 6.07) is -0.00818. The molecule has 0 aliphatic carbocycles. The molecule has 9 heteroatoms. The molecule has 0 aromatic carbocycles. The molecule has 1 amide bonds. The van der Waals surface area contributed by atoms with E-state index in [4.69, 9.17) is 0 Å². The van der Waals surface area contributed by atoms with Crippen LogP contribution >= 0.6 is 24.0 Å². The van der Waals surface area contributed by atoms with Crippen molar-refractivity contribution >= 4 is 45.7 Å². The fourth-order valence-electron chi connectivity index (χ4n) is 2.85. The van der Waals surface area contributed by atoms with E-state index in [-0.39, 0.29) is 41.7 Å². The summed E-state index contributed by atoms with van der Waals surface area (Å²) >= 11 is 0. The van der Waals surface area contributed by atoms with Crippen LogP contribution in [0.5, 0.6) is 0 Å². The summed E-state index contributed by atoms with van der Waals surface area (Å²) in [5, 5.41) is 6.34. The molecule has 0 spiro atoms. The van der Waals surface area contributed by atoms with Gasteiger partial charge in [-0.2, -0.15) is 0 Å². The molecule has 2 N–H and O–H groups in total. The van der Waals surface area contributed by atoms with Gasteiger partial charge in [-0.15, -0.1) is 24.0 Å². The summed E-state index contributed by atoms with van der Waals surface area (Å²) < 4.78 is 22.5. The predicted octanol–water partition coefficient (Wildman–Crippen LogP) is 1.63. The number of aliphatic imine (C=N–C) groups is 1. The third-order valence-electron chi connectivity index (χ3n) is 4.25. The molecule has 7 nitrogen and oxygen atoms in total. The van der Waals surface area contributed by atoms with Crippen LogP contribution in [0.4, 0.5) is 0 Å². The van der Waals surface area contributed by atoms with Gasteiger partial charge in [-0.1, -0.05) is 6.92 Å². The minimum Gasteiger partial charge on any atom is -0.357 e. The van der Waals surface area contributed by atoms with Crippen LogP contribution in [-0.4, -0.2) is 69.4 Å². The largest absolute Gasteiger partial charge is 0.357 e. The second-order valence-corrected chi connectivity index (χ2v) is 9.32. The Labute approximate surface area is 175 Å². The Morgan fingerprint density at radius 1 is 1.38 bits per heavy atom. The van der Waals surface area contributed by atoms with Gasteiger partial charge in [0.05, 0.1) is 12.3 Å². The van der Waals surface area contributed by atoms with Crippen molar-refractivity contribution in [1.29, 1.82) is 0 Å². The number of carbonyl (C=O) groups excluding carboxylic acids is 1. The standard InChI is InChI=1S/C17H34N4O3S.HI/c1-5-18-17(20-15(3)9-12-25(4,23)24)19-10-8-16(22)21-11-6-7-14(2)13-21;/h14-15H,5-13H2,1-4H3,(H2,18,19,20);1H. The van der Waals surface area contributed by atoms with E-state index < -0.39 is 9.84 Å². The minimum absolute atomic E-state index is 0. The highest BCUT2D eigenvalue weighted by Crippen LogP contribution is 2.16. The van der Waals surface area contributed by atoms with Gasteiger partial charge in [-0.25, -0.2) is 8.42 Å². The molecule has 1 heterocycles. The molecule has 26 heavy (non-hydrogen) atoms. The molecule has 0 saturated carbocycles. The maximum atomic E-state index is 12.3. The van der Waals surface area contributed by atoms with E-state index in [9.17, 15) is 13.2 Å². The lowest BCUT2D eigenvalue weighted by Crippen LogP contribution is -2.43. The molecule has 1 fully saturated rings. The number of hydrogen-bond donors (Lipinski definition) is 2. The summed E-state index contributed by atoms with van der Waals surface area (Å²) in [4.78, 5) is 18.7. The molecule has 0 aromatic heterocycles. The number of piperidine rings is 1. The van der Waals surface area contributed by atoms with Crippen LogP contribution in [0.1, 0.15) is 46.5 Å². The minimum atomic E-state index is -2.96. The zero-order valence-corrected chi connectivity index (χ0v) is 19.6. The number of guanidine groups is 1. The highest BCUT2D eigenvalue weighted by Gasteiger charge is 2.20. The van der Waals surface area contributed by atoms with E-state index in [1.165, 1.54) is 12.7 Å². The van der Waals surface area contributed by atoms with Crippen LogP contribution < -0.4 is 10.6 Å². The molecule has 154 valence electrons. The van der Waals surface area contributed by atoms with Crippen LogP contribution in [0.25, 0.3) is 0 Å². The number of rotatable bonds is 8. The topological polar surface area (TPSA) is 90.9 Å². The average molecular weight is 502 g/mol. The van der Waals surface area contributed by atoms with Crippen molar-refractivity contribution in [1.82, 2.24) is 15.5 Å². The Bertz CT molecular complexity index is 554. The molecule has 1 rings (SSSR count). The van der Waals surface area contributed by atoms with Crippen molar-refractivity contribution in [2.24, 2.45) is 10.9 Å². The number of amides is 1. The number of carbonyl (C=O) groups is 1. The van der Waals surface area contributed by atoms with Crippen molar-refractivity contribution < 1.29 is 13.2 Å². The van der Waals surface area contributed by atoms with Gasteiger partial charge in [0.1, 0.15) is 9.84 Å². The summed E-state index contributed by atoms with van der Waals surface area (Å²) in [6.45, 7) is 8.93. The summed E-state index contributed by atoms with van der Waals surface area (Å²) in [7, 11) is -2.96. The Balaban J connectivity index is 0.00000625. The quantitative estimate of drug-likeness (QED) is 0.299. The van der Waals surface area contributed by atoms with Crippen LogP contribution in [0.15, 0.2) is 4.99 Å². The first-order valence-electron chi connectivity index (χ1n) is 9.21. The average Bonchev–Trinajstić information content (AvgIpc) is 2.52. The van der Waals surface area contributed by atoms with E-state index in [0.717, 1.165) is 19.5 Å². The van der Waals surface area contributed by atoms with E-state index in [2.05, 4.69) is 22.5 Å². The maximum Gasteiger partial charge on any atom is 0.224 e. The van der Waals surface area contributed by atoms with E-state index in [1.807, 2.05) is 18.7 Å². The van der Waals surface area contributed by atoms with Crippen LogP contribution in [0.3, 0.4) is 0 Å². The first-order valence-corrected chi connectivity index (χ1v) is 11.3. The zero-order valence-electron chi connectivity index (χ0n) is 16.5. The van der Waals surface area contributed by atoms with Gasteiger partial charge < -0.3 is 15.5 Å². The highest BCUT2D eigenvalue weighted by atomic mass is 127. The summed E-state index contributed by atoms with van der Waals surface area (Å²) in [5.41, 5.74) is 0. The van der Waals surface area contributed by atoms with Crippen LogP contribution in [-0.2, 0) is 14.6 Å². The Morgan fingerprint density at radius 3 is 2.65 bits per heavy atom. The Morgan fingerprint density at radius 2 is 2.08 bits per heavy atom. The Kier molecular flexibility index (Phi) is 12.5. The number of nitrogens with one attached hydrogen (secondary N) is 2. The molecular formula is C17H35IN4O3S. The molecule has 0 aromatic rings. The van der Waals surface area contributed by atoms with Gasteiger partial charge in [0.15, 0.2) is 5.96 Å².